The molecule has 2 aromatic rings. The molecule has 29 heteroatoms. The zero-order valence-electron chi connectivity index (χ0n) is 66.7. The van der Waals surface area contributed by atoms with Gasteiger partial charge in [0.15, 0.2) is 46.3 Å². The highest BCUT2D eigenvalue weighted by atomic mass is 16.3. The van der Waals surface area contributed by atoms with E-state index in [9.17, 15) is 67.4 Å². The molecule has 17 N–H and O–H groups in total. The van der Waals surface area contributed by atoms with Crippen molar-refractivity contribution >= 4 is 87.0 Å². The molecule has 0 fully saturated rings. The van der Waals surface area contributed by atoms with Crippen LogP contribution in [-0.2, 0) is 68.7 Å². The lowest BCUT2D eigenvalue weighted by Gasteiger charge is -2.33. The van der Waals surface area contributed by atoms with Gasteiger partial charge in [-0.1, -0.05) is 94.9 Å². The van der Waals surface area contributed by atoms with Crippen LogP contribution in [0.5, 0.6) is 0 Å². The molecule has 3 rings (SSSR count). The summed E-state index contributed by atoms with van der Waals surface area (Å²) < 4.78 is 0. The van der Waals surface area contributed by atoms with E-state index >= 15 is 0 Å². The van der Waals surface area contributed by atoms with Gasteiger partial charge < -0.3 is 69.3 Å². The van der Waals surface area contributed by atoms with Gasteiger partial charge in [-0.05, 0) is 157 Å². The third-order valence-electron chi connectivity index (χ3n) is 20.2. The first-order chi connectivity index (χ1) is 51.5. The smallest absolute Gasteiger partial charge is 0.243 e. The Balaban J connectivity index is 1.76. The van der Waals surface area contributed by atoms with Gasteiger partial charge in [-0.3, -0.25) is 68.2 Å². The minimum absolute atomic E-state index is 0.00792. The van der Waals surface area contributed by atoms with Crippen molar-refractivity contribution in [2.75, 3.05) is 45.9 Å². The van der Waals surface area contributed by atoms with E-state index in [-0.39, 0.29) is 137 Å². The Morgan fingerprint density at radius 2 is 1.27 bits per heavy atom. The number of benzene rings is 1. The number of aliphatic hydroxyl groups excluding tert-OH is 1. The monoisotopic (exact) mass is 1520 g/mol. The number of nitrogens with two attached hydrogens (primary N) is 3. The fourth-order valence-electron chi connectivity index (χ4n) is 12.2. The quantitative estimate of drug-likeness (QED) is 0.00993. The molecular weight excluding hydrogens is 1390 g/mol. The Morgan fingerprint density at radius 1 is 0.633 bits per heavy atom. The lowest BCUT2D eigenvalue weighted by atomic mass is 9.86. The molecule has 608 valence electrons. The summed E-state index contributed by atoms with van der Waals surface area (Å²) in [5.74, 6) is -4.65. The van der Waals surface area contributed by atoms with Crippen LogP contribution < -0.4 is 65.1 Å². The molecule has 1 aliphatic rings. The van der Waals surface area contributed by atoms with Gasteiger partial charge in [-0.25, -0.2) is 0 Å². The SMILES string of the molecule is CCCC[C@H](NCC(=O)[C@H](C)NCCC(=O)[C@H](C)NCC(=O)[C@](C)(CCC/C=C/CCCCCC[C@@](C)(N)C(=O)CN[C@@H](C)C(C)=O)NC(=O)[C@H](CC(C)C)NC(=O)[C@H](CCC(N)=O)NCN[C@@H](C)C(=O)CC(=O)[C@](C)(Cc1c[nH]c2ccccc12)/N=N\[C@H](C=O)CC1=CC=C(O)CC1)C(=O)CN[C@@H](C)C(=O)CN. The van der Waals surface area contributed by atoms with Crippen LogP contribution in [0.4, 0.5) is 0 Å². The molecule has 0 aliphatic heterocycles. The molecule has 0 bridgehead atoms. The topological polar surface area (TPSA) is 469 Å². The number of aromatic nitrogens is 1. The predicted molar refractivity (Wildman–Crippen MR) is 422 cm³/mol. The van der Waals surface area contributed by atoms with Crippen molar-refractivity contribution in [1.82, 2.24) is 52.8 Å². The van der Waals surface area contributed by atoms with Gasteiger partial charge in [-0.2, -0.15) is 10.2 Å². The number of aldehydes is 1. The standard InChI is InChI=1S/C80H129N15O14/c1-13-14-27-64(71(103)46-85-55(7)69(101)43-81)89-45-70(102)56(8)84-38-35-67(99)53(5)87-48-74(106)79(11,37-25-21-19-17-15-16-18-20-24-36-78(10,83)73(105)47-86-52(4)57(9)97)93-77(109)66(39-51(2)3)92-76(108)65(33-34-75(82)107)91-50-90-54(6)68(100)41-72(104)80(12,42-59-44-88-63-28-23-22-26-62(59)63)95-94-60(49-96)40-58-29-31-61(98)32-30-58/h17,19,22-23,26,28-29,31,44,49,51-56,60,64-66,84-91,98H,13-16,18,20-21,24-25,27,30,32-43,45-48,50,81,83H2,1-12H3,(H2,82,107)(H,92,108)(H,93,109)/b19-17+,95-94-/t52-,53-,54-,55-,56-,60-,64-,65-,66-,78+,79-,80-/m0/s1. The second kappa shape index (κ2) is 49.4. The Morgan fingerprint density at radius 3 is 1.92 bits per heavy atom. The van der Waals surface area contributed by atoms with Crippen molar-refractivity contribution in [3.05, 3.63) is 71.7 Å². The summed E-state index contributed by atoms with van der Waals surface area (Å²) in [5, 5.41) is 46.5. The normalized spacial score (nSPS) is 16.8. The van der Waals surface area contributed by atoms with Gasteiger partial charge in [0, 0.05) is 56.0 Å². The number of carbonyl (C=O) groups is 13. The summed E-state index contributed by atoms with van der Waals surface area (Å²) in [6.45, 7) is 19.5. The lowest BCUT2D eigenvalue weighted by molar-refractivity contribution is -0.135. The third-order valence-corrected chi connectivity index (χ3v) is 20.2. The number of primary amides is 1. The molecule has 0 unspecified atom stereocenters. The summed E-state index contributed by atoms with van der Waals surface area (Å²) in [6.07, 6.45) is 18.0. The summed E-state index contributed by atoms with van der Waals surface area (Å²) in [7, 11) is 0. The number of azo groups is 1. The number of nitrogens with one attached hydrogen (secondary N) is 10. The summed E-state index contributed by atoms with van der Waals surface area (Å²) in [6, 6.07) is 0.0613. The van der Waals surface area contributed by atoms with Crippen molar-refractivity contribution in [2.45, 2.75) is 289 Å². The van der Waals surface area contributed by atoms with Crippen LogP contribution in [0.3, 0.4) is 0 Å². The number of hydrogen-bond donors (Lipinski definition) is 14. The highest BCUT2D eigenvalue weighted by Crippen LogP contribution is 2.29. The van der Waals surface area contributed by atoms with Crippen LogP contribution in [0.25, 0.3) is 10.9 Å². The van der Waals surface area contributed by atoms with Crippen molar-refractivity contribution in [3.8, 4) is 0 Å². The highest BCUT2D eigenvalue weighted by Gasteiger charge is 2.40. The molecule has 12 atom stereocenters. The molecule has 1 aromatic heterocycles. The van der Waals surface area contributed by atoms with E-state index in [1.807, 2.05) is 51.1 Å². The molecule has 3 amide bonds. The number of Topliss-reactive ketones (excluding diaryl/α,β-unsaturated/α-hetero) is 9. The van der Waals surface area contributed by atoms with Gasteiger partial charge in [-0.15, -0.1) is 0 Å². The number of carbonyl (C=O) groups excluding carboxylic acids is 13. The van der Waals surface area contributed by atoms with E-state index in [0.717, 1.165) is 67.0 Å². The largest absolute Gasteiger partial charge is 0.512 e. The van der Waals surface area contributed by atoms with Crippen molar-refractivity contribution in [2.24, 2.45) is 33.3 Å². The van der Waals surface area contributed by atoms with Gasteiger partial charge in [0.05, 0.1) is 98.3 Å². The fraction of sp³-hybridized carbons (Fsp3) is 0.662. The maximum Gasteiger partial charge on any atom is 0.243 e. The first-order valence-corrected chi connectivity index (χ1v) is 38.9. The zero-order valence-corrected chi connectivity index (χ0v) is 66.7. The number of nitrogens with zero attached hydrogens (tertiary/aromatic N) is 2. The number of fused-ring (bicyclic) bond motifs is 1. The van der Waals surface area contributed by atoms with E-state index in [2.05, 4.69) is 69.1 Å². The highest BCUT2D eigenvalue weighted by molar-refractivity contribution is 6.06. The summed E-state index contributed by atoms with van der Waals surface area (Å²) in [5.41, 5.74) is 15.7. The molecule has 1 aliphatic carbocycles. The number of aromatic amines is 1. The Bertz CT molecular complexity index is 3470. The third kappa shape index (κ3) is 35.4. The molecule has 0 saturated carbocycles. The summed E-state index contributed by atoms with van der Waals surface area (Å²) in [4.78, 5) is 176. The number of ketones is 9. The van der Waals surface area contributed by atoms with E-state index in [4.69, 9.17) is 17.2 Å². The fourth-order valence-corrected chi connectivity index (χ4v) is 12.2. The number of unbranched alkanes of at least 4 members (excludes halogenated alkanes) is 6. The Labute approximate surface area is 644 Å². The minimum Gasteiger partial charge on any atom is -0.512 e. The van der Waals surface area contributed by atoms with Crippen LogP contribution in [0.15, 0.2) is 76.3 Å². The van der Waals surface area contributed by atoms with E-state index < -0.39 is 112 Å². The maximum atomic E-state index is 14.7. The number of H-pyrrole nitrogens is 1. The van der Waals surface area contributed by atoms with Crippen LogP contribution in [-0.4, -0.2) is 203 Å². The van der Waals surface area contributed by atoms with Gasteiger partial charge in [0.2, 0.25) is 17.7 Å². The molecule has 0 spiro atoms. The van der Waals surface area contributed by atoms with Crippen molar-refractivity contribution < 1.29 is 67.4 Å². The predicted octanol–water partition coefficient (Wildman–Crippen LogP) is 5.33. The van der Waals surface area contributed by atoms with Gasteiger partial charge >= 0.3 is 0 Å². The van der Waals surface area contributed by atoms with Gasteiger partial charge in [0.1, 0.15) is 29.7 Å². The number of aliphatic hydroxyl groups is 1. The first kappa shape index (κ1) is 95.3. The van der Waals surface area contributed by atoms with Crippen molar-refractivity contribution in [1.29, 1.82) is 0 Å². The zero-order chi connectivity index (χ0) is 81.4. The lowest BCUT2D eigenvalue weighted by Crippen LogP contribution is -2.61. The summed E-state index contributed by atoms with van der Waals surface area (Å²) >= 11 is 0. The second-order valence-corrected chi connectivity index (χ2v) is 30.4. The Kier molecular flexibility index (Phi) is 43.2. The first-order valence-electron chi connectivity index (χ1n) is 38.9. The maximum absolute atomic E-state index is 14.7. The average molecular weight is 1530 g/mol. The molecule has 1 heterocycles. The van der Waals surface area contributed by atoms with Crippen LogP contribution in [0.1, 0.15) is 217 Å². The van der Waals surface area contributed by atoms with E-state index in [1.165, 1.54) is 6.92 Å². The van der Waals surface area contributed by atoms with Crippen LogP contribution in [0, 0.1) is 5.92 Å². The van der Waals surface area contributed by atoms with Crippen molar-refractivity contribution in [3.63, 3.8) is 0 Å². The molecular formula is C80H129N15O14. The number of rotatable bonds is 62. The van der Waals surface area contributed by atoms with E-state index in [1.54, 1.807) is 73.7 Å². The number of amides is 3. The second-order valence-electron chi connectivity index (χ2n) is 30.4. The number of para-hydroxylation sites is 1. The number of allylic oxidation sites excluding steroid dienone is 5. The number of hydrogen-bond acceptors (Lipinski definition) is 25. The molecule has 0 radical (unpaired) electrons. The van der Waals surface area contributed by atoms with Crippen LogP contribution >= 0.6 is 0 Å². The van der Waals surface area contributed by atoms with Gasteiger partial charge in [0.25, 0.3) is 0 Å². The average Bonchev–Trinajstić information content (AvgIpc) is 1.71. The molecule has 1 aromatic carbocycles. The Hall–Kier alpha value is -7.87. The molecule has 29 nitrogen and oxygen atoms in total. The molecule has 0 saturated heterocycles. The minimum atomic E-state index is -1.60. The van der Waals surface area contributed by atoms with E-state index in [0.29, 0.717) is 44.8 Å². The van der Waals surface area contributed by atoms with Crippen LogP contribution in [0.2, 0.25) is 0 Å². The molecule has 109 heavy (non-hydrogen) atoms.